The highest BCUT2D eigenvalue weighted by molar-refractivity contribution is 5.70. The number of rotatable bonds is 5. The molecule has 168 valence electrons. The lowest BCUT2D eigenvalue weighted by Crippen LogP contribution is -2.52. The quantitative estimate of drug-likeness (QED) is 0.473. The summed E-state index contributed by atoms with van der Waals surface area (Å²) < 4.78 is 16.6. The van der Waals surface area contributed by atoms with Crippen molar-refractivity contribution in [3.05, 3.63) is 11.6 Å². The third kappa shape index (κ3) is 3.72. The van der Waals surface area contributed by atoms with Crippen LogP contribution in [0.2, 0.25) is 0 Å². The Kier molecular flexibility index (Phi) is 6.04. The molecule has 4 rings (SSSR count). The van der Waals surface area contributed by atoms with Gasteiger partial charge < -0.3 is 14.2 Å². The molecular weight excluding hydrogens is 380 g/mol. The molecule has 30 heavy (non-hydrogen) atoms. The molecule has 0 aromatic carbocycles. The van der Waals surface area contributed by atoms with Crippen LogP contribution in [0.4, 0.5) is 0 Å². The fraction of sp³-hybridized carbons (Fsp3) is 0.840. The van der Waals surface area contributed by atoms with Crippen LogP contribution < -0.4 is 0 Å². The number of esters is 2. The van der Waals surface area contributed by atoms with E-state index in [1.807, 2.05) is 6.92 Å². The molecule has 0 aromatic heterocycles. The lowest BCUT2D eigenvalue weighted by molar-refractivity contribution is -0.157. The number of fused-ring (bicyclic) bond motifs is 5. The lowest BCUT2D eigenvalue weighted by atomic mass is 9.47. The molecule has 0 amide bonds. The van der Waals surface area contributed by atoms with E-state index in [4.69, 9.17) is 14.2 Å². The van der Waals surface area contributed by atoms with Gasteiger partial charge in [0.05, 0.1) is 12.7 Å². The Balaban J connectivity index is 1.46. The van der Waals surface area contributed by atoms with Gasteiger partial charge in [-0.25, -0.2) is 4.79 Å². The second-order valence-electron chi connectivity index (χ2n) is 10.4. The van der Waals surface area contributed by atoms with Gasteiger partial charge in [0.25, 0.3) is 0 Å². The normalized spacial score (nSPS) is 42.4. The van der Waals surface area contributed by atoms with Gasteiger partial charge in [-0.2, -0.15) is 0 Å². The van der Waals surface area contributed by atoms with E-state index in [-0.39, 0.29) is 41.6 Å². The first kappa shape index (κ1) is 21.9. The van der Waals surface area contributed by atoms with E-state index in [9.17, 15) is 9.59 Å². The Morgan fingerprint density at radius 1 is 1.07 bits per heavy atom. The molecule has 0 radical (unpaired) electrons. The maximum atomic E-state index is 11.6. The molecule has 5 heteroatoms. The third-order valence-electron chi connectivity index (χ3n) is 9.01. The largest absolute Gasteiger partial charge is 0.464 e. The summed E-state index contributed by atoms with van der Waals surface area (Å²) in [6, 6.07) is 0. The summed E-state index contributed by atoms with van der Waals surface area (Å²) in [4.78, 5) is 23.3. The molecule has 0 heterocycles. The van der Waals surface area contributed by atoms with Crippen LogP contribution in [0.3, 0.4) is 0 Å². The summed E-state index contributed by atoms with van der Waals surface area (Å²) in [7, 11) is 0. The van der Waals surface area contributed by atoms with Crippen molar-refractivity contribution in [2.75, 3.05) is 13.2 Å². The molecule has 0 spiro atoms. The maximum absolute atomic E-state index is 11.6. The second-order valence-corrected chi connectivity index (χ2v) is 10.4. The second kappa shape index (κ2) is 8.29. The molecule has 0 aromatic rings. The summed E-state index contributed by atoms with van der Waals surface area (Å²) in [6.07, 6.45) is 11.5. The highest BCUT2D eigenvalue weighted by Crippen LogP contribution is 2.65. The van der Waals surface area contributed by atoms with Crippen LogP contribution in [-0.4, -0.2) is 37.4 Å². The van der Waals surface area contributed by atoms with Gasteiger partial charge in [0.2, 0.25) is 0 Å². The average Bonchev–Trinajstić information content (AvgIpc) is 3.02. The molecule has 0 unspecified atom stereocenters. The molecule has 4 aliphatic rings. The van der Waals surface area contributed by atoms with Gasteiger partial charge in [-0.15, -0.1) is 0 Å². The summed E-state index contributed by atoms with van der Waals surface area (Å²) in [6.45, 7) is 8.65. The maximum Gasteiger partial charge on any atom is 0.332 e. The number of carbonyl (C=O) groups excluding carboxylic acids is 2. The smallest absolute Gasteiger partial charge is 0.332 e. The Labute approximate surface area is 180 Å². The van der Waals surface area contributed by atoms with E-state index >= 15 is 0 Å². The van der Waals surface area contributed by atoms with E-state index in [0.717, 1.165) is 38.0 Å². The number of carbonyl (C=O) groups is 2. The van der Waals surface area contributed by atoms with Crippen LogP contribution in [0, 0.1) is 28.6 Å². The van der Waals surface area contributed by atoms with Crippen molar-refractivity contribution in [2.24, 2.45) is 28.6 Å². The molecule has 0 N–H and O–H groups in total. The van der Waals surface area contributed by atoms with Crippen molar-refractivity contribution in [3.63, 3.8) is 0 Å². The van der Waals surface area contributed by atoms with Gasteiger partial charge >= 0.3 is 11.9 Å². The van der Waals surface area contributed by atoms with Crippen molar-refractivity contribution in [2.45, 2.75) is 91.3 Å². The van der Waals surface area contributed by atoms with Gasteiger partial charge in [0.15, 0.2) is 0 Å². The van der Waals surface area contributed by atoms with Crippen molar-refractivity contribution in [3.8, 4) is 0 Å². The standard InChI is InChI=1S/C25H38O5/c1-5-28-23(27)15-29-18-10-12-24(3)17(14-18)6-7-19-20-8-9-22(30-16(2)26)25(20,4)13-11-21(19)24/h14,18-22H,5-13,15H2,1-4H3/t18-,19-,20-,21-,22-,24-,25-/m0/s1. The molecule has 3 saturated carbocycles. The fourth-order valence-corrected chi connectivity index (χ4v) is 7.55. The number of ether oxygens (including phenoxy) is 3. The summed E-state index contributed by atoms with van der Waals surface area (Å²) in [5.74, 6) is 1.69. The van der Waals surface area contributed by atoms with Crippen molar-refractivity contribution < 1.29 is 23.8 Å². The Bertz CT molecular complexity index is 714. The SMILES string of the molecule is CCOC(=O)CO[C@@H]1C=C2CC[C@H]3[C@@H]4CC[C@H](OC(C)=O)[C@@]4(C)CC[C@@H]3[C@@]2(C)CC1. The highest BCUT2D eigenvalue weighted by atomic mass is 16.6. The zero-order valence-electron chi connectivity index (χ0n) is 19.1. The minimum Gasteiger partial charge on any atom is -0.464 e. The zero-order chi connectivity index (χ0) is 21.5. The minimum atomic E-state index is -0.275. The molecule has 0 bridgehead atoms. The van der Waals surface area contributed by atoms with Gasteiger partial charge in [-0.05, 0) is 81.5 Å². The Hall–Kier alpha value is -1.36. The monoisotopic (exact) mass is 418 g/mol. The number of allylic oxidation sites excluding steroid dienone is 1. The number of hydrogen-bond donors (Lipinski definition) is 0. The van der Waals surface area contributed by atoms with Gasteiger partial charge in [-0.1, -0.05) is 25.5 Å². The van der Waals surface area contributed by atoms with Crippen LogP contribution in [0.5, 0.6) is 0 Å². The van der Waals surface area contributed by atoms with E-state index in [0.29, 0.717) is 18.4 Å². The van der Waals surface area contributed by atoms with E-state index < -0.39 is 0 Å². The van der Waals surface area contributed by atoms with Crippen LogP contribution in [0.25, 0.3) is 0 Å². The molecule has 7 atom stereocenters. The molecule has 5 nitrogen and oxygen atoms in total. The molecule has 0 aliphatic heterocycles. The van der Waals surface area contributed by atoms with Crippen LogP contribution >= 0.6 is 0 Å². The Morgan fingerprint density at radius 3 is 2.60 bits per heavy atom. The molecule has 0 saturated heterocycles. The zero-order valence-corrected chi connectivity index (χ0v) is 19.1. The first-order valence-electron chi connectivity index (χ1n) is 11.9. The minimum absolute atomic E-state index is 0.0303. The van der Waals surface area contributed by atoms with E-state index in [1.165, 1.54) is 19.3 Å². The van der Waals surface area contributed by atoms with Crippen LogP contribution in [0.1, 0.15) is 79.1 Å². The van der Waals surface area contributed by atoms with Crippen molar-refractivity contribution in [1.82, 2.24) is 0 Å². The molecular formula is C25H38O5. The molecule has 3 fully saturated rings. The first-order valence-corrected chi connectivity index (χ1v) is 11.9. The van der Waals surface area contributed by atoms with E-state index in [1.54, 1.807) is 12.5 Å². The number of hydrogen-bond acceptors (Lipinski definition) is 5. The van der Waals surface area contributed by atoms with Gasteiger partial charge in [0.1, 0.15) is 12.7 Å². The predicted octanol–water partition coefficient (Wildman–Crippen LogP) is 4.83. The Morgan fingerprint density at radius 2 is 1.87 bits per heavy atom. The highest BCUT2D eigenvalue weighted by Gasteiger charge is 2.59. The third-order valence-corrected chi connectivity index (χ3v) is 9.01. The van der Waals surface area contributed by atoms with E-state index in [2.05, 4.69) is 19.9 Å². The topological polar surface area (TPSA) is 61.8 Å². The first-order chi connectivity index (χ1) is 14.3. The average molecular weight is 419 g/mol. The van der Waals surface area contributed by atoms with Crippen molar-refractivity contribution >= 4 is 11.9 Å². The lowest BCUT2D eigenvalue weighted by Gasteiger charge is -2.58. The molecule has 4 aliphatic carbocycles. The predicted molar refractivity (Wildman–Crippen MR) is 114 cm³/mol. The van der Waals surface area contributed by atoms with Gasteiger partial charge in [0, 0.05) is 12.3 Å². The summed E-state index contributed by atoms with van der Waals surface area (Å²) >= 11 is 0. The van der Waals surface area contributed by atoms with Crippen molar-refractivity contribution in [1.29, 1.82) is 0 Å². The van der Waals surface area contributed by atoms with Crippen LogP contribution in [-0.2, 0) is 23.8 Å². The fourth-order valence-electron chi connectivity index (χ4n) is 7.55. The van der Waals surface area contributed by atoms with Crippen LogP contribution in [0.15, 0.2) is 11.6 Å². The van der Waals surface area contributed by atoms with Gasteiger partial charge in [-0.3, -0.25) is 4.79 Å². The summed E-state index contributed by atoms with van der Waals surface area (Å²) in [5.41, 5.74) is 1.93. The summed E-state index contributed by atoms with van der Waals surface area (Å²) in [5, 5.41) is 0.